The standard InChI is InChI=1S/C24H19N5OS/c30-23(19-15-16-5-1-2-6-17(16)18-7-3-9-25-21(18)19)28-11-13-29(14-12-28)24-27-20-8-4-10-26-22(20)31-24/h1-10,15H,11-14H2. The van der Waals surface area contributed by atoms with Crippen LogP contribution < -0.4 is 4.90 Å². The van der Waals surface area contributed by atoms with Crippen molar-refractivity contribution >= 4 is 54.4 Å². The van der Waals surface area contributed by atoms with Crippen LogP contribution in [0.1, 0.15) is 10.4 Å². The average molecular weight is 426 g/mol. The predicted molar refractivity (Wildman–Crippen MR) is 125 cm³/mol. The van der Waals surface area contributed by atoms with Gasteiger partial charge in [-0.05, 0) is 35.0 Å². The van der Waals surface area contributed by atoms with E-state index >= 15 is 0 Å². The van der Waals surface area contributed by atoms with Crippen molar-refractivity contribution in [3.8, 4) is 0 Å². The first-order valence-electron chi connectivity index (χ1n) is 10.3. The molecule has 4 heterocycles. The zero-order valence-corrected chi connectivity index (χ0v) is 17.5. The number of piperazine rings is 1. The number of hydrogen-bond acceptors (Lipinski definition) is 6. The lowest BCUT2D eigenvalue weighted by molar-refractivity contribution is 0.0748. The fourth-order valence-electron chi connectivity index (χ4n) is 4.26. The van der Waals surface area contributed by atoms with Crippen molar-refractivity contribution in [3.05, 3.63) is 72.6 Å². The molecule has 7 heteroatoms. The Bertz CT molecular complexity index is 1410. The van der Waals surface area contributed by atoms with Crippen LogP contribution in [0.25, 0.3) is 32.0 Å². The third kappa shape index (κ3) is 3.09. The van der Waals surface area contributed by atoms with Gasteiger partial charge in [0.05, 0.1) is 11.1 Å². The Labute approximate surface area is 182 Å². The van der Waals surface area contributed by atoms with E-state index in [1.54, 1.807) is 23.7 Å². The summed E-state index contributed by atoms with van der Waals surface area (Å²) in [6.45, 7) is 2.82. The highest BCUT2D eigenvalue weighted by molar-refractivity contribution is 7.21. The Hall–Kier alpha value is -3.58. The Balaban J connectivity index is 1.29. The molecule has 2 aromatic carbocycles. The second-order valence-corrected chi connectivity index (χ2v) is 8.60. The molecule has 3 aromatic heterocycles. The van der Waals surface area contributed by atoms with E-state index in [1.807, 2.05) is 47.4 Å². The molecule has 31 heavy (non-hydrogen) atoms. The summed E-state index contributed by atoms with van der Waals surface area (Å²) in [5.74, 6) is 0.0417. The number of nitrogens with zero attached hydrogens (tertiary/aromatic N) is 5. The highest BCUT2D eigenvalue weighted by Crippen LogP contribution is 2.30. The minimum absolute atomic E-state index is 0.0417. The van der Waals surface area contributed by atoms with Crippen LogP contribution in [0.15, 0.2) is 67.0 Å². The minimum atomic E-state index is 0.0417. The van der Waals surface area contributed by atoms with E-state index in [0.717, 1.165) is 50.2 Å². The van der Waals surface area contributed by atoms with Crippen LogP contribution in [0, 0.1) is 0 Å². The van der Waals surface area contributed by atoms with Crippen molar-refractivity contribution in [3.63, 3.8) is 0 Å². The first kappa shape index (κ1) is 18.2. The highest BCUT2D eigenvalue weighted by atomic mass is 32.1. The zero-order valence-electron chi connectivity index (χ0n) is 16.7. The Morgan fingerprint density at radius 1 is 0.871 bits per heavy atom. The molecule has 1 aliphatic rings. The summed E-state index contributed by atoms with van der Waals surface area (Å²) in [5, 5.41) is 4.17. The molecule has 0 atom stereocenters. The summed E-state index contributed by atoms with van der Waals surface area (Å²) in [4.78, 5) is 32.3. The minimum Gasteiger partial charge on any atom is -0.344 e. The van der Waals surface area contributed by atoms with Crippen LogP contribution in [0.5, 0.6) is 0 Å². The lowest BCUT2D eigenvalue weighted by atomic mass is 10.00. The first-order valence-corrected chi connectivity index (χ1v) is 11.1. The van der Waals surface area contributed by atoms with Gasteiger partial charge in [0.1, 0.15) is 10.3 Å². The van der Waals surface area contributed by atoms with Gasteiger partial charge in [-0.15, -0.1) is 0 Å². The predicted octanol–water partition coefficient (Wildman–Crippen LogP) is 4.36. The number of pyridine rings is 2. The smallest absolute Gasteiger partial charge is 0.256 e. The van der Waals surface area contributed by atoms with E-state index in [-0.39, 0.29) is 5.91 Å². The maximum atomic E-state index is 13.5. The summed E-state index contributed by atoms with van der Waals surface area (Å²) in [5.41, 5.74) is 2.37. The van der Waals surface area contributed by atoms with Gasteiger partial charge in [-0.1, -0.05) is 41.7 Å². The van der Waals surface area contributed by atoms with Gasteiger partial charge in [-0.2, -0.15) is 0 Å². The van der Waals surface area contributed by atoms with Crippen LogP contribution in [0.3, 0.4) is 0 Å². The third-order valence-corrected chi connectivity index (χ3v) is 6.88. The SMILES string of the molecule is O=C(c1cc2ccccc2c2cccnc12)N1CCN(c2nc3cccnc3s2)CC1. The molecule has 0 aliphatic carbocycles. The molecular weight excluding hydrogens is 406 g/mol. The summed E-state index contributed by atoms with van der Waals surface area (Å²) in [7, 11) is 0. The number of rotatable bonds is 2. The summed E-state index contributed by atoms with van der Waals surface area (Å²) in [6.07, 6.45) is 3.55. The number of aromatic nitrogens is 3. The molecule has 6 rings (SSSR count). The molecule has 6 nitrogen and oxygen atoms in total. The number of amides is 1. The lowest BCUT2D eigenvalue weighted by Gasteiger charge is -2.34. The topological polar surface area (TPSA) is 62.2 Å². The fraction of sp³-hybridized carbons (Fsp3) is 0.167. The van der Waals surface area contributed by atoms with Crippen LogP contribution >= 0.6 is 11.3 Å². The van der Waals surface area contributed by atoms with Gasteiger partial charge in [-0.3, -0.25) is 9.78 Å². The van der Waals surface area contributed by atoms with E-state index in [0.29, 0.717) is 18.7 Å². The molecule has 0 spiro atoms. The molecule has 0 bridgehead atoms. The van der Waals surface area contributed by atoms with Crippen molar-refractivity contribution in [2.24, 2.45) is 0 Å². The molecule has 0 radical (unpaired) electrons. The van der Waals surface area contributed by atoms with E-state index in [1.165, 1.54) is 0 Å². The number of fused-ring (bicyclic) bond motifs is 4. The van der Waals surface area contributed by atoms with Gasteiger partial charge in [0.15, 0.2) is 5.13 Å². The number of hydrogen-bond donors (Lipinski definition) is 0. The van der Waals surface area contributed by atoms with E-state index < -0.39 is 0 Å². The molecule has 152 valence electrons. The van der Waals surface area contributed by atoms with Gasteiger partial charge < -0.3 is 9.80 Å². The van der Waals surface area contributed by atoms with Gasteiger partial charge >= 0.3 is 0 Å². The first-order chi connectivity index (χ1) is 15.3. The van der Waals surface area contributed by atoms with Crippen LogP contribution in [-0.2, 0) is 0 Å². The zero-order chi connectivity index (χ0) is 20.8. The largest absolute Gasteiger partial charge is 0.344 e. The number of thiazole rings is 1. The van der Waals surface area contributed by atoms with Gasteiger partial charge in [0.25, 0.3) is 5.91 Å². The molecular formula is C24H19N5OS. The molecule has 1 saturated heterocycles. The monoisotopic (exact) mass is 425 g/mol. The summed E-state index contributed by atoms with van der Waals surface area (Å²) < 4.78 is 0. The molecule has 0 N–H and O–H groups in total. The molecule has 1 aliphatic heterocycles. The quantitative estimate of drug-likeness (QED) is 0.394. The highest BCUT2D eigenvalue weighted by Gasteiger charge is 2.26. The van der Waals surface area contributed by atoms with Crippen LogP contribution in [0.4, 0.5) is 5.13 Å². The average Bonchev–Trinajstić information content (AvgIpc) is 3.28. The number of carbonyl (C=O) groups is 1. The molecule has 0 unspecified atom stereocenters. The molecule has 0 saturated carbocycles. The van der Waals surface area contributed by atoms with E-state index in [4.69, 9.17) is 4.98 Å². The summed E-state index contributed by atoms with van der Waals surface area (Å²) in [6, 6.07) is 18.0. The van der Waals surface area contributed by atoms with Crippen molar-refractivity contribution in [2.45, 2.75) is 0 Å². The second kappa shape index (κ2) is 7.28. The lowest BCUT2D eigenvalue weighted by Crippen LogP contribution is -2.48. The van der Waals surface area contributed by atoms with Crippen molar-refractivity contribution in [1.82, 2.24) is 19.9 Å². The molecule has 1 amide bonds. The number of benzene rings is 2. The van der Waals surface area contributed by atoms with Crippen molar-refractivity contribution in [1.29, 1.82) is 0 Å². The van der Waals surface area contributed by atoms with Crippen molar-refractivity contribution in [2.75, 3.05) is 31.1 Å². The van der Waals surface area contributed by atoms with Crippen LogP contribution in [-0.4, -0.2) is 51.9 Å². The Morgan fingerprint density at radius 3 is 2.52 bits per heavy atom. The number of carbonyl (C=O) groups excluding carboxylic acids is 1. The Kier molecular flexibility index (Phi) is 4.28. The van der Waals surface area contributed by atoms with E-state index in [2.05, 4.69) is 27.0 Å². The van der Waals surface area contributed by atoms with Gasteiger partial charge in [-0.25, -0.2) is 9.97 Å². The third-order valence-electron chi connectivity index (χ3n) is 5.84. The molecule has 1 fully saturated rings. The van der Waals surface area contributed by atoms with Gasteiger partial charge in [0, 0.05) is 44.0 Å². The maximum absolute atomic E-state index is 13.5. The van der Waals surface area contributed by atoms with Crippen molar-refractivity contribution < 1.29 is 4.79 Å². The van der Waals surface area contributed by atoms with Gasteiger partial charge in [0.2, 0.25) is 0 Å². The normalized spacial score (nSPS) is 14.6. The van der Waals surface area contributed by atoms with Crippen LogP contribution in [0.2, 0.25) is 0 Å². The Morgan fingerprint density at radius 2 is 1.65 bits per heavy atom. The summed E-state index contributed by atoms with van der Waals surface area (Å²) >= 11 is 1.60. The number of anilines is 1. The second-order valence-electron chi connectivity index (χ2n) is 7.65. The van der Waals surface area contributed by atoms with E-state index in [9.17, 15) is 4.79 Å². The maximum Gasteiger partial charge on any atom is 0.256 e. The fourth-order valence-corrected chi connectivity index (χ4v) is 5.22. The molecule has 5 aromatic rings.